The number of carbonyl (C=O) groups excluding carboxylic acids is 1. The van der Waals surface area contributed by atoms with E-state index in [2.05, 4.69) is 26.7 Å². The van der Waals surface area contributed by atoms with E-state index < -0.39 is 0 Å². The SMILES string of the molecule is COc1ccc(Cn2c(C)cnc2C2CCCN2C(=O)c2ocnc2C)cc1. The lowest BCUT2D eigenvalue weighted by Gasteiger charge is -2.24. The highest BCUT2D eigenvalue weighted by molar-refractivity contribution is 5.92. The first-order valence-electron chi connectivity index (χ1n) is 9.44. The minimum absolute atomic E-state index is 0.0658. The molecule has 4 rings (SSSR count). The third-order valence-electron chi connectivity index (χ3n) is 5.34. The molecule has 1 aliphatic rings. The summed E-state index contributed by atoms with van der Waals surface area (Å²) in [7, 11) is 1.66. The average Bonchev–Trinajstić information content (AvgIpc) is 3.43. The van der Waals surface area contributed by atoms with Crippen LogP contribution in [0.25, 0.3) is 0 Å². The lowest BCUT2D eigenvalue weighted by molar-refractivity contribution is 0.0694. The van der Waals surface area contributed by atoms with Crippen molar-refractivity contribution in [1.82, 2.24) is 19.4 Å². The van der Waals surface area contributed by atoms with Gasteiger partial charge in [0.15, 0.2) is 6.39 Å². The van der Waals surface area contributed by atoms with Crippen LogP contribution in [0.2, 0.25) is 0 Å². The number of carbonyl (C=O) groups is 1. The molecule has 1 aromatic carbocycles. The van der Waals surface area contributed by atoms with Crippen LogP contribution in [0.4, 0.5) is 0 Å². The predicted octanol–water partition coefficient (Wildman–Crippen LogP) is 3.52. The van der Waals surface area contributed by atoms with Gasteiger partial charge in [0.2, 0.25) is 5.76 Å². The number of aryl methyl sites for hydroxylation is 2. The van der Waals surface area contributed by atoms with Crippen LogP contribution in [0, 0.1) is 13.8 Å². The summed E-state index contributed by atoms with van der Waals surface area (Å²) in [5.41, 5.74) is 2.85. The molecule has 0 radical (unpaired) electrons. The molecule has 0 spiro atoms. The largest absolute Gasteiger partial charge is 0.497 e. The Morgan fingerprint density at radius 3 is 2.71 bits per heavy atom. The van der Waals surface area contributed by atoms with Gasteiger partial charge in [-0.2, -0.15) is 0 Å². The van der Waals surface area contributed by atoms with Gasteiger partial charge in [-0.1, -0.05) is 12.1 Å². The third-order valence-corrected chi connectivity index (χ3v) is 5.34. The molecule has 7 nitrogen and oxygen atoms in total. The summed E-state index contributed by atoms with van der Waals surface area (Å²) in [6.07, 6.45) is 5.03. The number of likely N-dealkylation sites (tertiary alicyclic amines) is 1. The van der Waals surface area contributed by atoms with Crippen molar-refractivity contribution in [3.63, 3.8) is 0 Å². The maximum Gasteiger partial charge on any atom is 0.292 e. The molecule has 146 valence electrons. The van der Waals surface area contributed by atoms with Crippen LogP contribution >= 0.6 is 0 Å². The van der Waals surface area contributed by atoms with Crippen LogP contribution in [-0.4, -0.2) is 39.0 Å². The quantitative estimate of drug-likeness (QED) is 0.677. The van der Waals surface area contributed by atoms with Crippen molar-refractivity contribution in [1.29, 1.82) is 0 Å². The molecule has 1 atom stereocenters. The Balaban J connectivity index is 1.61. The second-order valence-corrected chi connectivity index (χ2v) is 7.12. The van der Waals surface area contributed by atoms with Gasteiger partial charge in [-0.15, -0.1) is 0 Å². The minimum Gasteiger partial charge on any atom is -0.497 e. The molecule has 3 heterocycles. The second kappa shape index (κ2) is 7.50. The van der Waals surface area contributed by atoms with Gasteiger partial charge in [0.05, 0.1) is 18.8 Å². The molecule has 0 aliphatic carbocycles. The van der Waals surface area contributed by atoms with Gasteiger partial charge < -0.3 is 18.6 Å². The van der Waals surface area contributed by atoms with Gasteiger partial charge in [-0.25, -0.2) is 9.97 Å². The number of hydrogen-bond acceptors (Lipinski definition) is 5. The van der Waals surface area contributed by atoms with E-state index in [1.807, 2.05) is 30.2 Å². The van der Waals surface area contributed by atoms with E-state index in [4.69, 9.17) is 9.15 Å². The first-order valence-corrected chi connectivity index (χ1v) is 9.44. The fraction of sp³-hybridized carbons (Fsp3) is 0.381. The second-order valence-electron chi connectivity index (χ2n) is 7.12. The molecule has 1 amide bonds. The number of nitrogens with zero attached hydrogens (tertiary/aromatic N) is 4. The van der Waals surface area contributed by atoms with E-state index in [0.717, 1.165) is 35.7 Å². The molecule has 1 unspecified atom stereocenters. The number of benzene rings is 1. The van der Waals surface area contributed by atoms with Gasteiger partial charge in [-0.05, 0) is 44.4 Å². The van der Waals surface area contributed by atoms with Gasteiger partial charge in [0.1, 0.15) is 11.6 Å². The van der Waals surface area contributed by atoms with Crippen LogP contribution in [0.5, 0.6) is 5.75 Å². The third kappa shape index (κ3) is 3.28. The maximum absolute atomic E-state index is 13.0. The summed E-state index contributed by atoms with van der Waals surface area (Å²) in [6, 6.07) is 7.96. The van der Waals surface area contributed by atoms with Crippen LogP contribution < -0.4 is 4.74 Å². The van der Waals surface area contributed by atoms with Crippen molar-refractivity contribution in [2.75, 3.05) is 13.7 Å². The number of amides is 1. The monoisotopic (exact) mass is 380 g/mol. The van der Waals surface area contributed by atoms with Crippen LogP contribution in [0.15, 0.2) is 41.3 Å². The highest BCUT2D eigenvalue weighted by Gasteiger charge is 2.35. The Hall–Kier alpha value is -3.09. The summed E-state index contributed by atoms with van der Waals surface area (Å²) in [5.74, 6) is 1.95. The van der Waals surface area contributed by atoms with E-state index in [0.29, 0.717) is 24.5 Å². The van der Waals surface area contributed by atoms with Crippen molar-refractivity contribution < 1.29 is 13.9 Å². The van der Waals surface area contributed by atoms with E-state index in [-0.39, 0.29) is 11.9 Å². The number of imidazole rings is 1. The van der Waals surface area contributed by atoms with Crippen molar-refractivity contribution in [3.05, 3.63) is 65.4 Å². The Bertz CT molecular complexity index is 974. The summed E-state index contributed by atoms with van der Waals surface area (Å²) in [4.78, 5) is 23.6. The fourth-order valence-corrected chi connectivity index (χ4v) is 3.78. The Kier molecular flexibility index (Phi) is 4.90. The number of methoxy groups -OCH3 is 1. The molecule has 0 saturated carbocycles. The zero-order valence-corrected chi connectivity index (χ0v) is 16.4. The van der Waals surface area contributed by atoms with Crippen molar-refractivity contribution in [3.8, 4) is 5.75 Å². The number of aromatic nitrogens is 3. The molecular formula is C21H24N4O3. The number of oxazole rings is 1. The fourth-order valence-electron chi connectivity index (χ4n) is 3.78. The lowest BCUT2D eigenvalue weighted by atomic mass is 10.1. The summed E-state index contributed by atoms with van der Waals surface area (Å²) in [6.45, 7) is 5.22. The molecule has 7 heteroatoms. The molecule has 1 fully saturated rings. The van der Waals surface area contributed by atoms with E-state index in [1.54, 1.807) is 14.0 Å². The Labute approximate surface area is 164 Å². The molecule has 0 bridgehead atoms. The first kappa shape index (κ1) is 18.3. The van der Waals surface area contributed by atoms with E-state index >= 15 is 0 Å². The molecule has 1 saturated heterocycles. The normalized spacial score (nSPS) is 16.5. The van der Waals surface area contributed by atoms with Crippen molar-refractivity contribution >= 4 is 5.91 Å². The molecule has 2 aromatic heterocycles. The first-order chi connectivity index (χ1) is 13.6. The maximum atomic E-state index is 13.0. The van der Waals surface area contributed by atoms with Crippen molar-refractivity contribution in [2.24, 2.45) is 0 Å². The van der Waals surface area contributed by atoms with Crippen LogP contribution in [-0.2, 0) is 6.54 Å². The average molecular weight is 380 g/mol. The van der Waals surface area contributed by atoms with Gasteiger partial charge in [0.25, 0.3) is 5.91 Å². The van der Waals surface area contributed by atoms with Crippen LogP contribution in [0.3, 0.4) is 0 Å². The molecule has 28 heavy (non-hydrogen) atoms. The summed E-state index contributed by atoms with van der Waals surface area (Å²) < 4.78 is 12.8. The predicted molar refractivity (Wildman–Crippen MR) is 103 cm³/mol. The summed E-state index contributed by atoms with van der Waals surface area (Å²) >= 11 is 0. The Morgan fingerprint density at radius 2 is 2.04 bits per heavy atom. The zero-order chi connectivity index (χ0) is 19.7. The standard InChI is InChI=1S/C21H24N4O3/c1-14-11-22-20(25(14)12-16-6-8-17(27-3)9-7-16)18-5-4-10-24(18)21(26)19-15(2)23-13-28-19/h6-9,11,13,18H,4-5,10,12H2,1-3H3. The summed E-state index contributed by atoms with van der Waals surface area (Å²) in [5, 5.41) is 0. The Morgan fingerprint density at radius 1 is 1.25 bits per heavy atom. The van der Waals surface area contributed by atoms with Crippen LogP contribution in [0.1, 0.15) is 52.2 Å². The molecule has 3 aromatic rings. The van der Waals surface area contributed by atoms with E-state index in [1.165, 1.54) is 6.39 Å². The molecule has 1 aliphatic heterocycles. The number of hydrogen-bond donors (Lipinski definition) is 0. The molecule has 0 N–H and O–H groups in total. The van der Waals surface area contributed by atoms with Gasteiger partial charge >= 0.3 is 0 Å². The minimum atomic E-state index is -0.117. The number of rotatable bonds is 5. The topological polar surface area (TPSA) is 73.4 Å². The molecular weight excluding hydrogens is 356 g/mol. The van der Waals surface area contributed by atoms with E-state index in [9.17, 15) is 4.79 Å². The van der Waals surface area contributed by atoms with Gasteiger partial charge in [0, 0.05) is 25.0 Å². The lowest BCUT2D eigenvalue weighted by Crippen LogP contribution is -2.32. The number of ether oxygens (including phenoxy) is 1. The zero-order valence-electron chi connectivity index (χ0n) is 16.4. The van der Waals surface area contributed by atoms with Crippen molar-refractivity contribution in [2.45, 2.75) is 39.3 Å². The highest BCUT2D eigenvalue weighted by atomic mass is 16.5. The highest BCUT2D eigenvalue weighted by Crippen LogP contribution is 2.33. The van der Waals surface area contributed by atoms with Gasteiger partial charge in [-0.3, -0.25) is 4.79 Å². The smallest absolute Gasteiger partial charge is 0.292 e.